The van der Waals surface area contributed by atoms with Gasteiger partial charge in [0.2, 0.25) is 11.8 Å². The Morgan fingerprint density at radius 1 is 0.727 bits per heavy atom. The van der Waals surface area contributed by atoms with Crippen molar-refractivity contribution in [1.82, 2.24) is 4.98 Å². The molecule has 0 spiro atoms. The molecule has 0 N–H and O–H groups in total. The number of aromatic nitrogens is 1. The van der Waals surface area contributed by atoms with Gasteiger partial charge in [0, 0.05) is 22.8 Å². The smallest absolute Gasteiger partial charge is 0.225 e. The van der Waals surface area contributed by atoms with Gasteiger partial charge in [-0.2, -0.15) is 4.98 Å². The maximum absolute atomic E-state index is 11.8. The van der Waals surface area contributed by atoms with Crippen LogP contribution >= 0.6 is 0 Å². The first kappa shape index (κ1) is 22.1. The highest BCUT2D eigenvalue weighted by Gasteiger charge is 2.15. The van der Waals surface area contributed by atoms with Gasteiger partial charge in [0.1, 0.15) is 19.0 Å². The molecule has 0 unspecified atom stereocenters. The third kappa shape index (κ3) is 5.77. The van der Waals surface area contributed by atoms with Crippen LogP contribution in [0.3, 0.4) is 0 Å². The van der Waals surface area contributed by atoms with Crippen LogP contribution in [0.1, 0.15) is 28.4 Å². The lowest BCUT2D eigenvalue weighted by molar-refractivity contribution is 0.112. The molecule has 0 radical (unpaired) electrons. The maximum Gasteiger partial charge on any atom is 0.225 e. The van der Waals surface area contributed by atoms with Crippen molar-refractivity contribution in [3.63, 3.8) is 0 Å². The van der Waals surface area contributed by atoms with Crippen molar-refractivity contribution in [3.8, 4) is 28.6 Å². The number of rotatable bonds is 10. The Morgan fingerprint density at radius 3 is 2.03 bits per heavy atom. The maximum atomic E-state index is 11.8. The Balaban J connectivity index is 1.67. The topological polar surface area (TPSA) is 57.7 Å². The Hall–Kier alpha value is -4.12. The molecular weight excluding hydrogens is 414 g/mol. The zero-order valence-electron chi connectivity index (χ0n) is 18.4. The summed E-state index contributed by atoms with van der Waals surface area (Å²) >= 11 is 0. The molecule has 0 aliphatic heterocycles. The van der Waals surface area contributed by atoms with E-state index in [1.54, 1.807) is 18.2 Å². The van der Waals surface area contributed by atoms with Crippen molar-refractivity contribution in [2.75, 3.05) is 6.61 Å². The van der Waals surface area contributed by atoms with Crippen molar-refractivity contribution >= 4 is 6.29 Å². The second-order valence-electron chi connectivity index (χ2n) is 7.35. The van der Waals surface area contributed by atoms with Gasteiger partial charge in [-0.3, -0.25) is 4.79 Å². The van der Waals surface area contributed by atoms with Gasteiger partial charge >= 0.3 is 0 Å². The lowest BCUT2D eigenvalue weighted by Crippen LogP contribution is -2.03. The summed E-state index contributed by atoms with van der Waals surface area (Å²) in [5, 5.41) is 0. The number of aldehydes is 1. The molecule has 5 heteroatoms. The van der Waals surface area contributed by atoms with Crippen LogP contribution in [0, 0.1) is 0 Å². The molecule has 1 heterocycles. The second kappa shape index (κ2) is 11.0. The van der Waals surface area contributed by atoms with E-state index in [9.17, 15) is 4.79 Å². The predicted octanol–water partition coefficient (Wildman–Crippen LogP) is 6.12. The van der Waals surface area contributed by atoms with Crippen LogP contribution in [0.15, 0.2) is 91.0 Å². The summed E-state index contributed by atoms with van der Waals surface area (Å²) in [5.74, 6) is 1.51. The summed E-state index contributed by atoms with van der Waals surface area (Å²) in [5.41, 5.74) is 3.98. The van der Waals surface area contributed by atoms with Gasteiger partial charge in [-0.05, 0) is 42.3 Å². The van der Waals surface area contributed by atoms with Gasteiger partial charge in [-0.15, -0.1) is 0 Å². The number of carbonyl (C=O) groups excluding carboxylic acids is 1. The van der Waals surface area contributed by atoms with E-state index in [-0.39, 0.29) is 0 Å². The van der Waals surface area contributed by atoms with Gasteiger partial charge in [0.25, 0.3) is 0 Å². The highest BCUT2D eigenvalue weighted by atomic mass is 16.5. The molecule has 0 saturated heterocycles. The minimum absolute atomic E-state index is 0.338. The van der Waals surface area contributed by atoms with Crippen LogP contribution in [0.5, 0.6) is 17.5 Å². The Kier molecular flexibility index (Phi) is 7.33. The van der Waals surface area contributed by atoms with E-state index in [0.717, 1.165) is 17.4 Å². The van der Waals surface area contributed by atoms with Gasteiger partial charge in [-0.25, -0.2) is 0 Å². The number of hydrogen-bond donors (Lipinski definition) is 0. The Morgan fingerprint density at radius 2 is 1.39 bits per heavy atom. The molecule has 5 nitrogen and oxygen atoms in total. The van der Waals surface area contributed by atoms with E-state index >= 15 is 0 Å². The minimum Gasteiger partial charge on any atom is -0.494 e. The third-order valence-corrected chi connectivity index (χ3v) is 5.04. The molecule has 0 amide bonds. The summed E-state index contributed by atoms with van der Waals surface area (Å²) in [6.45, 7) is 3.18. The van der Waals surface area contributed by atoms with Gasteiger partial charge in [0.05, 0.1) is 6.61 Å². The number of benzene rings is 3. The fourth-order valence-corrected chi connectivity index (χ4v) is 3.40. The first-order chi connectivity index (χ1) is 16.3. The molecule has 33 heavy (non-hydrogen) atoms. The monoisotopic (exact) mass is 439 g/mol. The zero-order chi connectivity index (χ0) is 22.9. The zero-order valence-corrected chi connectivity index (χ0v) is 18.4. The van der Waals surface area contributed by atoms with Crippen LogP contribution in [-0.2, 0) is 13.2 Å². The second-order valence-corrected chi connectivity index (χ2v) is 7.35. The highest BCUT2D eigenvalue weighted by molar-refractivity contribution is 5.89. The summed E-state index contributed by atoms with van der Waals surface area (Å²) in [7, 11) is 0. The van der Waals surface area contributed by atoms with E-state index in [4.69, 9.17) is 14.2 Å². The Labute approximate surface area is 193 Å². The van der Waals surface area contributed by atoms with Crippen molar-refractivity contribution in [1.29, 1.82) is 0 Å². The first-order valence-electron chi connectivity index (χ1n) is 10.8. The molecule has 166 valence electrons. The van der Waals surface area contributed by atoms with Gasteiger partial charge < -0.3 is 14.2 Å². The normalized spacial score (nSPS) is 10.5. The minimum atomic E-state index is 0.338. The number of ether oxygens (including phenoxy) is 3. The van der Waals surface area contributed by atoms with E-state index < -0.39 is 0 Å². The Bertz CT molecular complexity index is 1190. The third-order valence-electron chi connectivity index (χ3n) is 5.04. The van der Waals surface area contributed by atoms with Crippen LogP contribution in [0.4, 0.5) is 0 Å². The SMILES string of the molecule is CCOc1ccc(C=O)c(-c2ccc(OCc3ccccc3)nc2OCc2ccccc2)c1. The quantitative estimate of drug-likeness (QED) is 0.279. The van der Waals surface area contributed by atoms with Gasteiger partial charge in [0.15, 0.2) is 6.29 Å². The van der Waals surface area contributed by atoms with E-state index in [1.807, 2.05) is 79.7 Å². The summed E-state index contributed by atoms with van der Waals surface area (Å²) in [6.07, 6.45) is 0.825. The molecule has 0 atom stereocenters. The molecule has 0 aliphatic carbocycles. The average molecular weight is 440 g/mol. The largest absolute Gasteiger partial charge is 0.494 e. The van der Waals surface area contributed by atoms with Crippen molar-refractivity contribution in [2.24, 2.45) is 0 Å². The molecule has 0 fully saturated rings. The fraction of sp³-hybridized carbons (Fsp3) is 0.143. The number of carbonyl (C=O) groups is 1. The first-order valence-corrected chi connectivity index (χ1v) is 10.8. The standard InChI is InChI=1S/C28H25NO4/c1-2-31-24-14-13-23(18-30)26(17-24)25-15-16-27(32-19-21-9-5-3-6-10-21)29-28(25)33-20-22-11-7-4-8-12-22/h3-18H,2,19-20H2,1H3. The lowest BCUT2D eigenvalue weighted by Gasteiger charge is -2.15. The molecule has 0 bridgehead atoms. The van der Waals surface area contributed by atoms with Crippen molar-refractivity contribution in [3.05, 3.63) is 108 Å². The molecular formula is C28H25NO4. The number of hydrogen-bond acceptors (Lipinski definition) is 5. The molecule has 1 aromatic heterocycles. The average Bonchev–Trinajstić information content (AvgIpc) is 2.88. The van der Waals surface area contributed by atoms with E-state index in [2.05, 4.69) is 4.98 Å². The highest BCUT2D eigenvalue weighted by Crippen LogP contribution is 2.35. The molecule has 4 aromatic rings. The van der Waals surface area contributed by atoms with Crippen molar-refractivity contribution in [2.45, 2.75) is 20.1 Å². The fourth-order valence-electron chi connectivity index (χ4n) is 3.40. The van der Waals surface area contributed by atoms with E-state index in [0.29, 0.717) is 54.0 Å². The predicted molar refractivity (Wildman–Crippen MR) is 128 cm³/mol. The molecule has 3 aromatic carbocycles. The van der Waals surface area contributed by atoms with Crippen LogP contribution in [-0.4, -0.2) is 17.9 Å². The molecule has 0 aliphatic rings. The number of pyridine rings is 1. The summed E-state index contributed by atoms with van der Waals surface area (Å²) in [6, 6.07) is 28.8. The summed E-state index contributed by atoms with van der Waals surface area (Å²) in [4.78, 5) is 16.4. The van der Waals surface area contributed by atoms with Crippen LogP contribution in [0.25, 0.3) is 11.1 Å². The van der Waals surface area contributed by atoms with E-state index in [1.165, 1.54) is 0 Å². The number of nitrogens with zero attached hydrogens (tertiary/aromatic N) is 1. The lowest BCUT2D eigenvalue weighted by atomic mass is 10.0. The van der Waals surface area contributed by atoms with Crippen LogP contribution in [0.2, 0.25) is 0 Å². The summed E-state index contributed by atoms with van der Waals surface area (Å²) < 4.78 is 17.7. The van der Waals surface area contributed by atoms with Gasteiger partial charge in [-0.1, -0.05) is 60.7 Å². The van der Waals surface area contributed by atoms with Crippen molar-refractivity contribution < 1.29 is 19.0 Å². The van der Waals surface area contributed by atoms with Crippen LogP contribution < -0.4 is 14.2 Å². The molecule has 0 saturated carbocycles. The molecule has 4 rings (SSSR count).